The predicted octanol–water partition coefficient (Wildman–Crippen LogP) is 5.44. The Balaban J connectivity index is 1.82. The van der Waals surface area contributed by atoms with Gasteiger partial charge in [0.15, 0.2) is 17.8 Å². The van der Waals surface area contributed by atoms with Crippen LogP contribution in [0, 0.1) is 0 Å². The van der Waals surface area contributed by atoms with Crippen LogP contribution in [-0.4, -0.2) is 43.1 Å². The number of rotatable bonds is 21. The fourth-order valence-electron chi connectivity index (χ4n) is 3.67. The van der Waals surface area contributed by atoms with Crippen LogP contribution in [0.5, 0.6) is 11.5 Å². The van der Waals surface area contributed by atoms with Crippen molar-refractivity contribution >= 4 is 23.1 Å². The first-order valence-electron chi connectivity index (χ1n) is 13.1. The maximum Gasteiger partial charge on any atom is 0.231 e. The number of hydrogen-bond donors (Lipinski definition) is 0. The largest absolute Gasteiger partial charge is 0.454 e. The van der Waals surface area contributed by atoms with Crippen LogP contribution in [0.4, 0.5) is 0 Å². The maximum absolute atomic E-state index is 12.2. The van der Waals surface area contributed by atoms with Gasteiger partial charge in [0, 0.05) is 56.9 Å². The Morgan fingerprint density at radius 1 is 0.694 bits per heavy atom. The van der Waals surface area contributed by atoms with Crippen molar-refractivity contribution < 1.29 is 38.1 Å². The maximum atomic E-state index is 12.2. The van der Waals surface area contributed by atoms with Gasteiger partial charge in [-0.25, -0.2) is 0 Å². The molecule has 200 valence electrons. The van der Waals surface area contributed by atoms with Crippen molar-refractivity contribution in [3.05, 3.63) is 23.8 Å². The summed E-state index contributed by atoms with van der Waals surface area (Å²) in [5, 5.41) is 0. The molecule has 0 bridgehead atoms. The highest BCUT2D eigenvalue weighted by atomic mass is 16.7. The number of Topliss-reactive ketones (excluding diaryl/α,β-unsaturated/α-hetero) is 4. The lowest BCUT2D eigenvalue weighted by Gasteiger charge is -2.19. The number of carbonyl (C=O) groups is 4. The van der Waals surface area contributed by atoms with E-state index in [2.05, 4.69) is 0 Å². The summed E-state index contributed by atoms with van der Waals surface area (Å²) >= 11 is 0. The molecule has 1 aromatic rings. The normalized spacial score (nSPS) is 12.2. The highest BCUT2D eigenvalue weighted by molar-refractivity contribution is 5.86. The third-order valence-electron chi connectivity index (χ3n) is 5.95. The summed E-state index contributed by atoms with van der Waals surface area (Å²) < 4.78 is 22.5. The Labute approximate surface area is 214 Å². The van der Waals surface area contributed by atoms with E-state index in [1.165, 1.54) is 0 Å². The molecule has 2 rings (SSSR count). The molecular weight excluding hydrogens is 464 g/mol. The Morgan fingerprint density at radius 3 is 1.67 bits per heavy atom. The third-order valence-corrected chi connectivity index (χ3v) is 5.95. The van der Waals surface area contributed by atoms with Crippen molar-refractivity contribution in [3.8, 4) is 11.5 Å². The number of hydrogen-bond acceptors (Lipinski definition) is 8. The van der Waals surface area contributed by atoms with Crippen molar-refractivity contribution in [2.75, 3.05) is 20.0 Å². The molecule has 0 saturated carbocycles. The molecule has 1 aromatic carbocycles. The minimum atomic E-state index is -0.794. The fourth-order valence-corrected chi connectivity index (χ4v) is 3.67. The van der Waals surface area contributed by atoms with Gasteiger partial charge >= 0.3 is 0 Å². The molecule has 1 aliphatic heterocycles. The fraction of sp³-hybridized carbons (Fsp3) is 0.643. The van der Waals surface area contributed by atoms with E-state index >= 15 is 0 Å². The lowest BCUT2D eigenvalue weighted by molar-refractivity contribution is -0.153. The second-order valence-corrected chi connectivity index (χ2v) is 9.05. The number of fused-ring (bicyclic) bond motifs is 1. The standard InChI is InChI=1S/C28H40O8/c1-3-5-7-22(29)10-12-24(31)15-17-33-28(21-9-14-26-27(19-21)36-20-35-26)34-18-16-25(32)13-11-23(30)8-6-4-2/h9,14,19,28H,3-8,10-13,15-18,20H2,1-2H3. The Bertz CT molecular complexity index is 821. The molecule has 0 saturated heterocycles. The number of ether oxygens (including phenoxy) is 4. The van der Waals surface area contributed by atoms with Crippen molar-refractivity contribution in [1.29, 1.82) is 0 Å². The van der Waals surface area contributed by atoms with Gasteiger partial charge in [-0.2, -0.15) is 0 Å². The lowest BCUT2D eigenvalue weighted by Crippen LogP contribution is -2.15. The van der Waals surface area contributed by atoms with Gasteiger partial charge in [0.1, 0.15) is 23.1 Å². The van der Waals surface area contributed by atoms with Crippen LogP contribution < -0.4 is 9.47 Å². The van der Waals surface area contributed by atoms with E-state index in [4.69, 9.17) is 18.9 Å². The topological polar surface area (TPSA) is 105 Å². The van der Waals surface area contributed by atoms with Crippen molar-refractivity contribution in [2.45, 2.75) is 97.2 Å². The molecule has 0 aliphatic carbocycles. The van der Waals surface area contributed by atoms with Gasteiger partial charge in [0.2, 0.25) is 6.79 Å². The summed E-state index contributed by atoms with van der Waals surface area (Å²) in [6.07, 6.45) is 5.16. The summed E-state index contributed by atoms with van der Waals surface area (Å²) in [6.45, 7) is 4.45. The van der Waals surface area contributed by atoms with Crippen molar-refractivity contribution in [2.24, 2.45) is 0 Å². The number of unbranched alkanes of at least 4 members (excludes halogenated alkanes) is 2. The SMILES string of the molecule is CCCCC(=O)CCC(=O)CCOC(OCCC(=O)CCC(=O)CCCC)c1ccc2c(c1)OCO2. The summed E-state index contributed by atoms with van der Waals surface area (Å²) in [6, 6.07) is 5.31. The zero-order valence-electron chi connectivity index (χ0n) is 21.7. The van der Waals surface area contributed by atoms with Crippen LogP contribution >= 0.6 is 0 Å². The van der Waals surface area contributed by atoms with Crippen LogP contribution in [0.1, 0.15) is 103 Å². The van der Waals surface area contributed by atoms with E-state index in [1.54, 1.807) is 18.2 Å². The molecular formula is C28H40O8. The molecule has 1 heterocycles. The van der Waals surface area contributed by atoms with E-state index in [0.29, 0.717) is 29.9 Å². The Hall–Kier alpha value is -2.58. The molecule has 0 amide bonds. The molecule has 8 heteroatoms. The summed E-state index contributed by atoms with van der Waals surface area (Å²) in [5.41, 5.74) is 0.684. The smallest absolute Gasteiger partial charge is 0.231 e. The van der Waals surface area contributed by atoms with E-state index < -0.39 is 6.29 Å². The number of carbonyl (C=O) groups excluding carboxylic acids is 4. The van der Waals surface area contributed by atoms with Crippen LogP contribution in [0.2, 0.25) is 0 Å². The zero-order chi connectivity index (χ0) is 26.2. The second kappa shape index (κ2) is 17.0. The Kier molecular flexibility index (Phi) is 14.0. The molecule has 0 N–H and O–H groups in total. The molecule has 8 nitrogen and oxygen atoms in total. The van der Waals surface area contributed by atoms with Crippen LogP contribution in [-0.2, 0) is 28.7 Å². The van der Waals surface area contributed by atoms with Gasteiger partial charge in [-0.15, -0.1) is 0 Å². The van der Waals surface area contributed by atoms with E-state index in [0.717, 1.165) is 25.7 Å². The third kappa shape index (κ3) is 11.4. The highest BCUT2D eigenvalue weighted by Crippen LogP contribution is 2.35. The first-order chi connectivity index (χ1) is 17.4. The minimum absolute atomic E-state index is 0.0350. The monoisotopic (exact) mass is 504 g/mol. The van der Waals surface area contributed by atoms with Crippen molar-refractivity contribution in [3.63, 3.8) is 0 Å². The molecule has 0 aromatic heterocycles. The number of ketones is 4. The molecule has 0 atom stereocenters. The van der Waals surface area contributed by atoms with Gasteiger partial charge in [0.05, 0.1) is 13.2 Å². The van der Waals surface area contributed by atoms with E-state index in [1.807, 2.05) is 13.8 Å². The second-order valence-electron chi connectivity index (χ2n) is 9.05. The minimum Gasteiger partial charge on any atom is -0.454 e. The van der Waals surface area contributed by atoms with Gasteiger partial charge < -0.3 is 18.9 Å². The van der Waals surface area contributed by atoms with Crippen LogP contribution in [0.25, 0.3) is 0 Å². The van der Waals surface area contributed by atoms with E-state index in [9.17, 15) is 19.2 Å². The first kappa shape index (κ1) is 29.6. The molecule has 36 heavy (non-hydrogen) atoms. The average molecular weight is 505 g/mol. The molecule has 0 radical (unpaired) electrons. The summed E-state index contributed by atoms with van der Waals surface area (Å²) in [7, 11) is 0. The predicted molar refractivity (Wildman–Crippen MR) is 134 cm³/mol. The van der Waals surface area contributed by atoms with Gasteiger partial charge in [-0.3, -0.25) is 19.2 Å². The van der Waals surface area contributed by atoms with Crippen molar-refractivity contribution in [1.82, 2.24) is 0 Å². The van der Waals surface area contributed by atoms with Gasteiger partial charge in [0.25, 0.3) is 0 Å². The number of benzene rings is 1. The lowest BCUT2D eigenvalue weighted by atomic mass is 10.1. The Morgan fingerprint density at radius 2 is 1.17 bits per heavy atom. The molecule has 0 spiro atoms. The highest BCUT2D eigenvalue weighted by Gasteiger charge is 2.20. The zero-order valence-corrected chi connectivity index (χ0v) is 21.7. The van der Waals surface area contributed by atoms with Gasteiger partial charge in [-0.1, -0.05) is 26.7 Å². The molecule has 1 aliphatic rings. The molecule has 0 unspecified atom stereocenters. The summed E-state index contributed by atoms with van der Waals surface area (Å²) in [5.74, 6) is 1.37. The van der Waals surface area contributed by atoms with Crippen LogP contribution in [0.3, 0.4) is 0 Å². The van der Waals surface area contributed by atoms with E-state index in [-0.39, 0.29) is 81.7 Å². The summed E-state index contributed by atoms with van der Waals surface area (Å²) in [4.78, 5) is 48.0. The first-order valence-corrected chi connectivity index (χ1v) is 13.1. The van der Waals surface area contributed by atoms with Crippen LogP contribution in [0.15, 0.2) is 18.2 Å². The van der Waals surface area contributed by atoms with Gasteiger partial charge in [-0.05, 0) is 31.0 Å². The molecule has 0 fully saturated rings. The quantitative estimate of drug-likeness (QED) is 0.204. The average Bonchev–Trinajstić information content (AvgIpc) is 3.35.